The zero-order valence-corrected chi connectivity index (χ0v) is 16.6. The maximum absolute atomic E-state index is 11.7. The van der Waals surface area contributed by atoms with Gasteiger partial charge in [0, 0.05) is 32.0 Å². The Bertz CT molecular complexity index is 1100. The predicted molar refractivity (Wildman–Crippen MR) is 110 cm³/mol. The summed E-state index contributed by atoms with van der Waals surface area (Å²) in [6.07, 6.45) is 0.529. The Kier molecular flexibility index (Phi) is 5.81. The highest BCUT2D eigenvalue weighted by molar-refractivity contribution is 5.81. The highest BCUT2D eigenvalue weighted by Crippen LogP contribution is 2.41. The number of carbonyl (C=O) groups is 1. The molecule has 2 heterocycles. The molecule has 30 heavy (non-hydrogen) atoms. The number of amides is 1. The summed E-state index contributed by atoms with van der Waals surface area (Å²) in [5, 5.41) is 27.0. The van der Waals surface area contributed by atoms with E-state index in [4.69, 9.17) is 9.84 Å². The molecule has 0 saturated heterocycles. The van der Waals surface area contributed by atoms with Crippen molar-refractivity contribution in [1.82, 2.24) is 14.8 Å². The molecule has 0 unspecified atom stereocenters. The third-order valence-corrected chi connectivity index (χ3v) is 4.33. The number of hydrogen-bond donors (Lipinski definition) is 2. The fourth-order valence-electron chi connectivity index (χ4n) is 3.00. The smallest absolute Gasteiger partial charge is 0.410 e. The number of methoxy groups -OCH3 is 1. The Morgan fingerprint density at radius 2 is 2.13 bits per heavy atom. The van der Waals surface area contributed by atoms with E-state index in [1.54, 1.807) is 54.1 Å². The van der Waals surface area contributed by atoms with E-state index >= 15 is 0 Å². The standard InChI is InChI=1S/C19H20N6O5/c1-23(11-12-5-4-6-17(20-12)21-19(26)27)13-9-14(15-7-8-24(2)22-15)18(30-3)16(10-13)25(28)29/h4-10H,11H2,1-3H3,(H,20,21)(H,26,27). The van der Waals surface area contributed by atoms with Gasteiger partial charge >= 0.3 is 11.8 Å². The summed E-state index contributed by atoms with van der Waals surface area (Å²) >= 11 is 0. The Morgan fingerprint density at radius 1 is 1.37 bits per heavy atom. The summed E-state index contributed by atoms with van der Waals surface area (Å²) in [7, 11) is 4.89. The Labute approximate surface area is 171 Å². The van der Waals surface area contributed by atoms with Crippen molar-refractivity contribution in [1.29, 1.82) is 0 Å². The number of anilines is 2. The van der Waals surface area contributed by atoms with E-state index < -0.39 is 11.0 Å². The SMILES string of the molecule is COc1c(-c2ccn(C)n2)cc(N(C)Cc2cccc(NC(=O)O)n2)cc1[N+](=O)[O-]. The topological polar surface area (TPSA) is 136 Å². The summed E-state index contributed by atoms with van der Waals surface area (Å²) in [4.78, 5) is 28.0. The molecule has 1 aromatic carbocycles. The Balaban J connectivity index is 1.99. The second kappa shape index (κ2) is 8.47. The second-order valence-corrected chi connectivity index (χ2v) is 6.48. The predicted octanol–water partition coefficient (Wildman–Crippen LogP) is 3.13. The quantitative estimate of drug-likeness (QED) is 0.446. The van der Waals surface area contributed by atoms with Gasteiger partial charge in [0.1, 0.15) is 5.82 Å². The summed E-state index contributed by atoms with van der Waals surface area (Å²) in [6, 6.07) is 9.87. The third kappa shape index (κ3) is 4.46. The zero-order chi connectivity index (χ0) is 21.8. The van der Waals surface area contributed by atoms with Crippen molar-refractivity contribution in [2.45, 2.75) is 6.54 Å². The van der Waals surface area contributed by atoms with E-state index in [2.05, 4.69) is 15.4 Å². The van der Waals surface area contributed by atoms with Crippen molar-refractivity contribution in [2.75, 3.05) is 24.4 Å². The van der Waals surface area contributed by atoms with Gasteiger partial charge in [-0.15, -0.1) is 0 Å². The van der Waals surface area contributed by atoms with Crippen LogP contribution in [0.1, 0.15) is 5.69 Å². The number of nitro groups is 1. The average Bonchev–Trinajstić information content (AvgIpc) is 3.12. The van der Waals surface area contributed by atoms with Crippen molar-refractivity contribution in [3.05, 3.63) is 58.4 Å². The molecule has 2 N–H and O–H groups in total. The zero-order valence-electron chi connectivity index (χ0n) is 16.6. The number of carboxylic acid groups (broad SMARTS) is 1. The van der Waals surface area contributed by atoms with Gasteiger partial charge in [-0.1, -0.05) is 6.07 Å². The maximum Gasteiger partial charge on any atom is 0.410 e. The van der Waals surface area contributed by atoms with Gasteiger partial charge in [-0.25, -0.2) is 9.78 Å². The van der Waals surface area contributed by atoms with Gasteiger partial charge in [-0.2, -0.15) is 5.10 Å². The minimum Gasteiger partial charge on any atom is -0.490 e. The molecule has 0 fully saturated rings. The van der Waals surface area contributed by atoms with Crippen LogP contribution in [0.3, 0.4) is 0 Å². The lowest BCUT2D eigenvalue weighted by atomic mass is 10.1. The number of benzene rings is 1. The molecule has 0 saturated carbocycles. The molecule has 0 aliphatic heterocycles. The van der Waals surface area contributed by atoms with E-state index in [1.807, 2.05) is 0 Å². The molecule has 3 rings (SSSR count). The van der Waals surface area contributed by atoms with Crippen LogP contribution in [0.5, 0.6) is 5.75 Å². The van der Waals surface area contributed by atoms with Crippen molar-refractivity contribution in [3.63, 3.8) is 0 Å². The van der Waals surface area contributed by atoms with E-state index in [1.165, 1.54) is 19.2 Å². The van der Waals surface area contributed by atoms with Gasteiger partial charge in [0.15, 0.2) is 0 Å². The first kappa shape index (κ1) is 20.6. The number of nitrogens with zero attached hydrogens (tertiary/aromatic N) is 5. The highest BCUT2D eigenvalue weighted by Gasteiger charge is 2.24. The van der Waals surface area contributed by atoms with E-state index in [0.717, 1.165) is 0 Å². The molecule has 11 nitrogen and oxygen atoms in total. The van der Waals surface area contributed by atoms with Crippen molar-refractivity contribution in [2.24, 2.45) is 7.05 Å². The molecule has 2 aromatic heterocycles. The Hall–Kier alpha value is -4.15. The number of pyridine rings is 1. The molecule has 0 spiro atoms. The molecule has 0 bridgehead atoms. The number of hydrogen-bond acceptors (Lipinski definition) is 7. The number of rotatable bonds is 7. The molecule has 156 valence electrons. The molecular weight excluding hydrogens is 392 g/mol. The van der Waals surface area contributed by atoms with Crippen LogP contribution in [-0.4, -0.2) is 45.0 Å². The van der Waals surface area contributed by atoms with Gasteiger partial charge in [-0.05, 0) is 24.3 Å². The fourth-order valence-corrected chi connectivity index (χ4v) is 3.00. The first-order valence-corrected chi connectivity index (χ1v) is 8.82. The number of aromatic nitrogens is 3. The number of ether oxygens (including phenoxy) is 1. The lowest BCUT2D eigenvalue weighted by Crippen LogP contribution is -2.18. The third-order valence-electron chi connectivity index (χ3n) is 4.33. The highest BCUT2D eigenvalue weighted by atomic mass is 16.6. The molecule has 0 radical (unpaired) electrons. The first-order chi connectivity index (χ1) is 14.3. The van der Waals surface area contributed by atoms with Crippen LogP contribution in [0.2, 0.25) is 0 Å². The van der Waals surface area contributed by atoms with Gasteiger partial charge in [0.2, 0.25) is 5.75 Å². The summed E-state index contributed by atoms with van der Waals surface area (Å²) in [5.74, 6) is 0.324. The average molecular weight is 412 g/mol. The normalized spacial score (nSPS) is 10.5. The van der Waals surface area contributed by atoms with Crippen LogP contribution in [0.25, 0.3) is 11.3 Å². The number of nitro benzene ring substituents is 1. The molecule has 3 aromatic rings. The van der Waals surface area contributed by atoms with E-state index in [-0.39, 0.29) is 17.3 Å². The van der Waals surface area contributed by atoms with Crippen LogP contribution in [0, 0.1) is 10.1 Å². The van der Waals surface area contributed by atoms with Crippen molar-refractivity contribution < 1.29 is 19.6 Å². The summed E-state index contributed by atoms with van der Waals surface area (Å²) in [6.45, 7) is 0.292. The van der Waals surface area contributed by atoms with Gasteiger partial charge in [0.25, 0.3) is 0 Å². The van der Waals surface area contributed by atoms with E-state index in [9.17, 15) is 14.9 Å². The maximum atomic E-state index is 11.7. The number of aryl methyl sites for hydroxylation is 1. The van der Waals surface area contributed by atoms with Crippen LogP contribution >= 0.6 is 0 Å². The minimum absolute atomic E-state index is 0.127. The Morgan fingerprint density at radius 3 is 2.73 bits per heavy atom. The summed E-state index contributed by atoms with van der Waals surface area (Å²) < 4.78 is 6.92. The van der Waals surface area contributed by atoms with E-state index in [0.29, 0.717) is 29.2 Å². The lowest BCUT2D eigenvalue weighted by Gasteiger charge is -2.21. The molecular formula is C19H20N6O5. The van der Waals surface area contributed by atoms with Gasteiger partial charge in [0.05, 0.1) is 35.5 Å². The fraction of sp³-hybridized carbons (Fsp3) is 0.211. The lowest BCUT2D eigenvalue weighted by molar-refractivity contribution is -0.385. The van der Waals surface area contributed by atoms with Gasteiger partial charge in [-0.3, -0.25) is 20.1 Å². The molecule has 0 atom stereocenters. The molecule has 0 aliphatic rings. The summed E-state index contributed by atoms with van der Waals surface area (Å²) in [5.41, 5.74) is 1.99. The van der Waals surface area contributed by atoms with Gasteiger partial charge < -0.3 is 14.7 Å². The first-order valence-electron chi connectivity index (χ1n) is 8.82. The molecule has 1 amide bonds. The minimum atomic E-state index is -1.21. The number of nitrogens with one attached hydrogen (secondary N) is 1. The van der Waals surface area contributed by atoms with Crippen LogP contribution in [0.15, 0.2) is 42.6 Å². The van der Waals surface area contributed by atoms with Crippen molar-refractivity contribution in [3.8, 4) is 17.0 Å². The van der Waals surface area contributed by atoms with Crippen LogP contribution < -0.4 is 15.0 Å². The molecule has 11 heteroatoms. The monoisotopic (exact) mass is 412 g/mol. The van der Waals surface area contributed by atoms with Crippen LogP contribution in [0.4, 0.5) is 22.0 Å². The molecule has 0 aliphatic carbocycles. The van der Waals surface area contributed by atoms with Crippen LogP contribution in [-0.2, 0) is 13.6 Å². The van der Waals surface area contributed by atoms with Crippen molar-refractivity contribution >= 4 is 23.3 Å². The second-order valence-electron chi connectivity index (χ2n) is 6.48. The largest absolute Gasteiger partial charge is 0.490 e.